The topological polar surface area (TPSA) is 69.7 Å². The standard InChI is InChI=1S/C20H27N3O3/c1-14-10-15(2)12-22(11-14)18(24)13-23-19(25)17(21-20(23)26)9-8-16-6-4-3-5-7-16/h3-7,14-15,17H,8-13H2,1-2H3,(H,21,26)/t14-,15-,17-/m1/s1. The molecule has 2 aliphatic rings. The van der Waals surface area contributed by atoms with E-state index < -0.39 is 12.1 Å². The average molecular weight is 357 g/mol. The normalized spacial score (nSPS) is 26.2. The van der Waals surface area contributed by atoms with Gasteiger partial charge in [-0.1, -0.05) is 44.2 Å². The van der Waals surface area contributed by atoms with Gasteiger partial charge in [0, 0.05) is 13.1 Å². The van der Waals surface area contributed by atoms with Crippen LogP contribution in [-0.2, 0) is 16.0 Å². The van der Waals surface area contributed by atoms with Crippen LogP contribution in [0.5, 0.6) is 0 Å². The van der Waals surface area contributed by atoms with Gasteiger partial charge in [-0.15, -0.1) is 0 Å². The Kier molecular flexibility index (Phi) is 5.59. The summed E-state index contributed by atoms with van der Waals surface area (Å²) in [6.07, 6.45) is 2.35. The Balaban J connectivity index is 1.56. The number of benzene rings is 1. The molecule has 0 bridgehead atoms. The fourth-order valence-corrected chi connectivity index (χ4v) is 3.98. The maximum absolute atomic E-state index is 12.6. The summed E-state index contributed by atoms with van der Waals surface area (Å²) in [5.74, 6) is 0.460. The first-order chi connectivity index (χ1) is 12.4. The van der Waals surface area contributed by atoms with Crippen LogP contribution in [0.25, 0.3) is 0 Å². The van der Waals surface area contributed by atoms with E-state index in [1.54, 1.807) is 4.90 Å². The number of carbonyl (C=O) groups is 3. The lowest BCUT2D eigenvalue weighted by atomic mass is 9.92. The molecule has 2 heterocycles. The number of piperidine rings is 1. The zero-order valence-corrected chi connectivity index (χ0v) is 15.5. The number of nitrogens with one attached hydrogen (secondary N) is 1. The van der Waals surface area contributed by atoms with Crippen LogP contribution >= 0.6 is 0 Å². The molecule has 0 unspecified atom stereocenters. The smallest absolute Gasteiger partial charge is 0.325 e. The molecule has 1 aromatic carbocycles. The van der Waals surface area contributed by atoms with Gasteiger partial charge in [0.15, 0.2) is 0 Å². The molecule has 0 saturated carbocycles. The van der Waals surface area contributed by atoms with E-state index in [0.29, 0.717) is 37.8 Å². The molecule has 0 aliphatic carbocycles. The lowest BCUT2D eigenvalue weighted by molar-refractivity contribution is -0.139. The van der Waals surface area contributed by atoms with Crippen LogP contribution in [-0.4, -0.2) is 53.3 Å². The molecule has 1 N–H and O–H groups in total. The summed E-state index contributed by atoms with van der Waals surface area (Å²) in [5, 5.41) is 2.72. The number of hydrogen-bond donors (Lipinski definition) is 1. The maximum atomic E-state index is 12.6. The number of aryl methyl sites for hydroxylation is 1. The van der Waals surface area contributed by atoms with Gasteiger partial charge in [0.2, 0.25) is 5.91 Å². The molecule has 6 heteroatoms. The van der Waals surface area contributed by atoms with Crippen LogP contribution < -0.4 is 5.32 Å². The Morgan fingerprint density at radius 1 is 1.12 bits per heavy atom. The molecule has 0 radical (unpaired) electrons. The van der Waals surface area contributed by atoms with Gasteiger partial charge < -0.3 is 10.2 Å². The minimum Gasteiger partial charge on any atom is -0.341 e. The number of rotatable bonds is 5. The van der Waals surface area contributed by atoms with E-state index in [0.717, 1.165) is 16.9 Å². The molecule has 2 aliphatic heterocycles. The second-order valence-electron chi connectivity index (χ2n) is 7.70. The Morgan fingerprint density at radius 3 is 2.42 bits per heavy atom. The monoisotopic (exact) mass is 357 g/mol. The maximum Gasteiger partial charge on any atom is 0.325 e. The van der Waals surface area contributed by atoms with Gasteiger partial charge in [-0.3, -0.25) is 14.5 Å². The molecule has 140 valence electrons. The highest BCUT2D eigenvalue weighted by Crippen LogP contribution is 2.21. The molecule has 2 fully saturated rings. The molecule has 0 aromatic heterocycles. The minimum atomic E-state index is -0.547. The Morgan fingerprint density at radius 2 is 1.77 bits per heavy atom. The van der Waals surface area contributed by atoms with Gasteiger partial charge in [0.05, 0.1) is 0 Å². The van der Waals surface area contributed by atoms with Crippen molar-refractivity contribution in [3.63, 3.8) is 0 Å². The number of amides is 4. The van der Waals surface area contributed by atoms with Crippen LogP contribution in [0.15, 0.2) is 30.3 Å². The quantitative estimate of drug-likeness (QED) is 0.820. The van der Waals surface area contributed by atoms with Crippen molar-refractivity contribution in [2.24, 2.45) is 11.8 Å². The molecular formula is C20H27N3O3. The van der Waals surface area contributed by atoms with Gasteiger partial charge in [0.1, 0.15) is 12.6 Å². The molecule has 3 atom stereocenters. The van der Waals surface area contributed by atoms with Crippen molar-refractivity contribution < 1.29 is 14.4 Å². The highest BCUT2D eigenvalue weighted by atomic mass is 16.2. The second-order valence-corrected chi connectivity index (χ2v) is 7.70. The van der Waals surface area contributed by atoms with Gasteiger partial charge in [-0.05, 0) is 36.7 Å². The first kappa shape index (κ1) is 18.4. The van der Waals surface area contributed by atoms with Crippen LogP contribution in [0.1, 0.15) is 32.3 Å². The summed E-state index contributed by atoms with van der Waals surface area (Å²) in [6.45, 7) is 5.49. The lowest BCUT2D eigenvalue weighted by Crippen LogP contribution is -2.48. The fourth-order valence-electron chi connectivity index (χ4n) is 3.98. The van der Waals surface area contributed by atoms with E-state index in [9.17, 15) is 14.4 Å². The van der Waals surface area contributed by atoms with Gasteiger partial charge in [0.25, 0.3) is 5.91 Å². The number of hydrogen-bond acceptors (Lipinski definition) is 3. The lowest BCUT2D eigenvalue weighted by Gasteiger charge is -2.35. The van der Waals surface area contributed by atoms with E-state index in [4.69, 9.17) is 0 Å². The fraction of sp³-hybridized carbons (Fsp3) is 0.550. The number of imide groups is 1. The van der Waals surface area contributed by atoms with Gasteiger partial charge >= 0.3 is 6.03 Å². The van der Waals surface area contributed by atoms with Crippen molar-refractivity contribution in [2.45, 2.75) is 39.2 Å². The second kappa shape index (κ2) is 7.89. The van der Waals surface area contributed by atoms with Crippen LogP contribution in [0, 0.1) is 11.8 Å². The van der Waals surface area contributed by atoms with E-state index in [-0.39, 0.29) is 18.4 Å². The number of urea groups is 1. The molecule has 2 saturated heterocycles. The van der Waals surface area contributed by atoms with E-state index in [2.05, 4.69) is 19.2 Å². The number of nitrogens with zero attached hydrogens (tertiary/aromatic N) is 2. The SMILES string of the molecule is C[C@@H]1C[C@@H](C)CN(C(=O)CN2C(=O)N[C@H](CCc3ccccc3)C2=O)C1. The van der Waals surface area contributed by atoms with Gasteiger partial charge in [-0.2, -0.15) is 0 Å². The number of likely N-dealkylation sites (tertiary alicyclic amines) is 1. The predicted octanol–water partition coefficient (Wildman–Crippen LogP) is 2.04. The zero-order valence-electron chi connectivity index (χ0n) is 15.5. The molecule has 1 aromatic rings. The Labute approximate surface area is 154 Å². The van der Waals surface area contributed by atoms with Crippen molar-refractivity contribution in [3.05, 3.63) is 35.9 Å². The van der Waals surface area contributed by atoms with Crippen molar-refractivity contribution in [2.75, 3.05) is 19.6 Å². The van der Waals surface area contributed by atoms with E-state index in [1.807, 2.05) is 30.3 Å². The summed E-state index contributed by atoms with van der Waals surface area (Å²) >= 11 is 0. The number of carbonyl (C=O) groups excluding carboxylic acids is 3. The first-order valence-electron chi connectivity index (χ1n) is 9.37. The summed E-state index contributed by atoms with van der Waals surface area (Å²) in [7, 11) is 0. The van der Waals surface area contributed by atoms with Gasteiger partial charge in [-0.25, -0.2) is 4.79 Å². The Bertz CT molecular complexity index is 666. The van der Waals surface area contributed by atoms with E-state index >= 15 is 0 Å². The average Bonchev–Trinajstić information content (AvgIpc) is 2.87. The molecule has 0 spiro atoms. The third kappa shape index (κ3) is 4.23. The summed E-state index contributed by atoms with van der Waals surface area (Å²) in [5.41, 5.74) is 1.13. The first-order valence-corrected chi connectivity index (χ1v) is 9.37. The van der Waals surface area contributed by atoms with Crippen molar-refractivity contribution >= 4 is 17.8 Å². The highest BCUT2D eigenvalue weighted by molar-refractivity contribution is 6.06. The third-order valence-electron chi connectivity index (χ3n) is 5.19. The van der Waals surface area contributed by atoms with Crippen LogP contribution in [0.2, 0.25) is 0 Å². The third-order valence-corrected chi connectivity index (χ3v) is 5.19. The van der Waals surface area contributed by atoms with Crippen LogP contribution in [0.4, 0.5) is 4.79 Å². The van der Waals surface area contributed by atoms with Crippen molar-refractivity contribution in [1.29, 1.82) is 0 Å². The molecule has 6 nitrogen and oxygen atoms in total. The summed E-state index contributed by atoms with van der Waals surface area (Å²) < 4.78 is 0. The molecule has 26 heavy (non-hydrogen) atoms. The molecular weight excluding hydrogens is 330 g/mol. The molecule has 4 amide bonds. The largest absolute Gasteiger partial charge is 0.341 e. The van der Waals surface area contributed by atoms with Crippen LogP contribution in [0.3, 0.4) is 0 Å². The van der Waals surface area contributed by atoms with Crippen molar-refractivity contribution in [1.82, 2.24) is 15.1 Å². The predicted molar refractivity (Wildman–Crippen MR) is 98.3 cm³/mol. The minimum absolute atomic E-state index is 0.143. The highest BCUT2D eigenvalue weighted by Gasteiger charge is 2.39. The Hall–Kier alpha value is -2.37. The summed E-state index contributed by atoms with van der Waals surface area (Å²) in [6, 6.07) is 8.85. The zero-order chi connectivity index (χ0) is 18.7. The van der Waals surface area contributed by atoms with E-state index in [1.165, 1.54) is 0 Å². The summed E-state index contributed by atoms with van der Waals surface area (Å²) in [4.78, 5) is 40.2. The van der Waals surface area contributed by atoms with Crippen molar-refractivity contribution in [3.8, 4) is 0 Å². The molecule has 3 rings (SSSR count).